The van der Waals surface area contributed by atoms with Crippen LogP contribution in [0.15, 0.2) is 0 Å². The minimum atomic E-state index is 0.419. The summed E-state index contributed by atoms with van der Waals surface area (Å²) in [5, 5.41) is 3.70. The van der Waals surface area contributed by atoms with E-state index in [1.165, 1.54) is 45.3 Å². The standard InChI is InChI=1S/C13H28N2/c1-5-12(3)10-15(4)11-13(6-2)8-7-9-14-13/h12,14H,5-11H2,1-4H3. The zero-order valence-corrected chi connectivity index (χ0v) is 11.0. The van der Waals surface area contributed by atoms with Crippen molar-refractivity contribution in [1.82, 2.24) is 10.2 Å². The van der Waals surface area contributed by atoms with Gasteiger partial charge in [0.2, 0.25) is 0 Å². The van der Waals surface area contributed by atoms with Crippen LogP contribution < -0.4 is 5.32 Å². The lowest BCUT2D eigenvalue weighted by Gasteiger charge is -2.34. The van der Waals surface area contributed by atoms with E-state index in [9.17, 15) is 0 Å². The Morgan fingerprint density at radius 1 is 1.40 bits per heavy atom. The first-order valence-electron chi connectivity index (χ1n) is 6.55. The van der Waals surface area contributed by atoms with Crippen LogP contribution in [-0.2, 0) is 0 Å². The molecule has 2 nitrogen and oxygen atoms in total. The van der Waals surface area contributed by atoms with Gasteiger partial charge >= 0.3 is 0 Å². The van der Waals surface area contributed by atoms with Crippen LogP contribution in [0.25, 0.3) is 0 Å². The van der Waals surface area contributed by atoms with Gasteiger partial charge in [0.05, 0.1) is 0 Å². The Kier molecular flexibility index (Phi) is 5.07. The van der Waals surface area contributed by atoms with Crippen molar-refractivity contribution in [1.29, 1.82) is 0 Å². The van der Waals surface area contributed by atoms with Crippen molar-refractivity contribution < 1.29 is 0 Å². The van der Waals surface area contributed by atoms with Gasteiger partial charge in [-0.05, 0) is 38.8 Å². The second kappa shape index (κ2) is 5.86. The van der Waals surface area contributed by atoms with E-state index in [1.807, 2.05) is 0 Å². The van der Waals surface area contributed by atoms with Gasteiger partial charge < -0.3 is 10.2 Å². The van der Waals surface area contributed by atoms with Crippen molar-refractivity contribution >= 4 is 0 Å². The monoisotopic (exact) mass is 212 g/mol. The van der Waals surface area contributed by atoms with Gasteiger partial charge in [-0.25, -0.2) is 0 Å². The molecule has 0 aliphatic carbocycles. The van der Waals surface area contributed by atoms with Crippen LogP contribution in [0, 0.1) is 5.92 Å². The lowest BCUT2D eigenvalue weighted by Crippen LogP contribution is -2.49. The summed E-state index contributed by atoms with van der Waals surface area (Å²) in [4.78, 5) is 2.51. The minimum absolute atomic E-state index is 0.419. The number of rotatable bonds is 6. The SMILES string of the molecule is CCC(C)CN(C)CC1(CC)CCCN1. The first kappa shape index (κ1) is 13.0. The zero-order valence-electron chi connectivity index (χ0n) is 11.0. The van der Waals surface area contributed by atoms with Crippen molar-refractivity contribution in [2.45, 2.75) is 52.0 Å². The topological polar surface area (TPSA) is 15.3 Å². The van der Waals surface area contributed by atoms with Crippen molar-refractivity contribution in [3.63, 3.8) is 0 Å². The highest BCUT2D eigenvalue weighted by molar-refractivity contribution is 4.94. The van der Waals surface area contributed by atoms with Gasteiger partial charge in [0.25, 0.3) is 0 Å². The number of hydrogen-bond acceptors (Lipinski definition) is 2. The Morgan fingerprint density at radius 3 is 2.60 bits per heavy atom. The third-order valence-corrected chi connectivity index (χ3v) is 3.90. The van der Waals surface area contributed by atoms with E-state index >= 15 is 0 Å². The maximum atomic E-state index is 3.70. The Hall–Kier alpha value is -0.0800. The molecule has 1 aliphatic rings. The molecule has 0 aromatic rings. The van der Waals surface area contributed by atoms with E-state index in [0.717, 1.165) is 5.92 Å². The molecular weight excluding hydrogens is 184 g/mol. The Bertz CT molecular complexity index is 173. The van der Waals surface area contributed by atoms with E-state index in [1.54, 1.807) is 0 Å². The zero-order chi connectivity index (χ0) is 11.3. The van der Waals surface area contributed by atoms with Crippen molar-refractivity contribution in [2.75, 3.05) is 26.7 Å². The van der Waals surface area contributed by atoms with Gasteiger partial charge in [0, 0.05) is 18.6 Å². The first-order chi connectivity index (χ1) is 7.12. The minimum Gasteiger partial charge on any atom is -0.310 e. The summed E-state index contributed by atoms with van der Waals surface area (Å²) in [7, 11) is 2.27. The molecule has 0 amide bonds. The van der Waals surface area contributed by atoms with Crippen LogP contribution in [0.4, 0.5) is 0 Å². The normalized spacial score (nSPS) is 28.6. The van der Waals surface area contributed by atoms with E-state index < -0.39 is 0 Å². The van der Waals surface area contributed by atoms with E-state index in [0.29, 0.717) is 5.54 Å². The molecule has 1 fully saturated rings. The highest BCUT2D eigenvalue weighted by Gasteiger charge is 2.32. The van der Waals surface area contributed by atoms with E-state index in [4.69, 9.17) is 0 Å². The quantitative estimate of drug-likeness (QED) is 0.728. The molecule has 2 unspecified atom stereocenters. The molecule has 1 heterocycles. The molecule has 1 saturated heterocycles. The molecule has 90 valence electrons. The van der Waals surface area contributed by atoms with Crippen molar-refractivity contribution in [2.24, 2.45) is 5.92 Å². The molecule has 0 aromatic carbocycles. The Morgan fingerprint density at radius 2 is 2.13 bits per heavy atom. The highest BCUT2D eigenvalue weighted by atomic mass is 15.2. The number of nitrogens with one attached hydrogen (secondary N) is 1. The largest absolute Gasteiger partial charge is 0.310 e. The molecule has 1 rings (SSSR count). The van der Waals surface area contributed by atoms with Crippen LogP contribution in [-0.4, -0.2) is 37.1 Å². The van der Waals surface area contributed by atoms with Gasteiger partial charge in [0.15, 0.2) is 0 Å². The average molecular weight is 212 g/mol. The molecule has 1 aliphatic heterocycles. The maximum absolute atomic E-state index is 3.70. The number of nitrogens with zero attached hydrogens (tertiary/aromatic N) is 1. The lowest BCUT2D eigenvalue weighted by atomic mass is 9.93. The molecule has 2 heteroatoms. The molecule has 2 atom stereocenters. The second-order valence-corrected chi connectivity index (χ2v) is 5.37. The molecule has 0 bridgehead atoms. The summed E-state index contributed by atoms with van der Waals surface area (Å²) < 4.78 is 0. The Balaban J connectivity index is 2.37. The van der Waals surface area contributed by atoms with E-state index in [2.05, 4.69) is 38.0 Å². The summed E-state index contributed by atoms with van der Waals surface area (Å²) in [5.74, 6) is 0.824. The van der Waals surface area contributed by atoms with Crippen LogP contribution in [0.3, 0.4) is 0 Å². The van der Waals surface area contributed by atoms with Gasteiger partial charge in [-0.15, -0.1) is 0 Å². The summed E-state index contributed by atoms with van der Waals surface area (Å²) in [6.45, 7) is 10.6. The second-order valence-electron chi connectivity index (χ2n) is 5.37. The van der Waals surface area contributed by atoms with Crippen LogP contribution in [0.2, 0.25) is 0 Å². The van der Waals surface area contributed by atoms with Gasteiger partial charge in [-0.1, -0.05) is 27.2 Å². The fourth-order valence-electron chi connectivity index (χ4n) is 2.66. The fourth-order valence-corrected chi connectivity index (χ4v) is 2.66. The van der Waals surface area contributed by atoms with Crippen LogP contribution >= 0.6 is 0 Å². The van der Waals surface area contributed by atoms with Crippen molar-refractivity contribution in [3.8, 4) is 0 Å². The molecule has 1 N–H and O–H groups in total. The summed E-state index contributed by atoms with van der Waals surface area (Å²) >= 11 is 0. The third kappa shape index (κ3) is 3.76. The smallest absolute Gasteiger partial charge is 0.0306 e. The lowest BCUT2D eigenvalue weighted by molar-refractivity contribution is 0.198. The number of likely N-dealkylation sites (N-methyl/N-ethyl adjacent to an activating group) is 1. The molecule has 15 heavy (non-hydrogen) atoms. The highest BCUT2D eigenvalue weighted by Crippen LogP contribution is 2.24. The van der Waals surface area contributed by atoms with Crippen molar-refractivity contribution in [3.05, 3.63) is 0 Å². The van der Waals surface area contributed by atoms with Gasteiger partial charge in [0.1, 0.15) is 0 Å². The average Bonchev–Trinajstić information content (AvgIpc) is 2.66. The Labute approximate surface area is 95.4 Å². The van der Waals surface area contributed by atoms with Gasteiger partial charge in [-0.3, -0.25) is 0 Å². The fraction of sp³-hybridized carbons (Fsp3) is 1.00. The molecule has 0 aromatic heterocycles. The predicted molar refractivity (Wildman–Crippen MR) is 67.2 cm³/mol. The van der Waals surface area contributed by atoms with Gasteiger partial charge in [-0.2, -0.15) is 0 Å². The summed E-state index contributed by atoms with van der Waals surface area (Å²) in [6, 6.07) is 0. The van der Waals surface area contributed by atoms with Crippen LogP contribution in [0.1, 0.15) is 46.5 Å². The van der Waals surface area contributed by atoms with Crippen LogP contribution in [0.5, 0.6) is 0 Å². The molecule has 0 radical (unpaired) electrons. The molecule has 0 saturated carbocycles. The molecular formula is C13H28N2. The first-order valence-corrected chi connectivity index (χ1v) is 6.55. The number of hydrogen-bond donors (Lipinski definition) is 1. The summed E-state index contributed by atoms with van der Waals surface area (Å²) in [6.07, 6.45) is 5.26. The maximum Gasteiger partial charge on any atom is 0.0306 e. The van der Waals surface area contributed by atoms with E-state index in [-0.39, 0.29) is 0 Å². The molecule has 0 spiro atoms. The predicted octanol–water partition coefficient (Wildman–Crippen LogP) is 2.50. The third-order valence-electron chi connectivity index (χ3n) is 3.90. The summed E-state index contributed by atoms with van der Waals surface area (Å²) in [5.41, 5.74) is 0.419.